The van der Waals surface area contributed by atoms with Crippen LogP contribution in [0.4, 0.5) is 10.5 Å². The Labute approximate surface area is 161 Å². The van der Waals surface area contributed by atoms with Gasteiger partial charge in [0.15, 0.2) is 0 Å². The average Bonchev–Trinajstić information content (AvgIpc) is 2.56. The van der Waals surface area contributed by atoms with Crippen LogP contribution in [0.25, 0.3) is 0 Å². The zero-order chi connectivity index (χ0) is 20.4. The van der Waals surface area contributed by atoms with Crippen molar-refractivity contribution >= 4 is 17.7 Å². The molecule has 0 saturated carbocycles. The van der Waals surface area contributed by atoms with Gasteiger partial charge >= 0.3 is 12.1 Å². The summed E-state index contributed by atoms with van der Waals surface area (Å²) in [5.74, 6) is -0.397. The van der Waals surface area contributed by atoms with Crippen molar-refractivity contribution in [3.05, 3.63) is 28.8 Å². The van der Waals surface area contributed by atoms with Gasteiger partial charge in [0.1, 0.15) is 5.60 Å². The molecule has 1 amide bonds. The Bertz CT molecular complexity index is 712. The fourth-order valence-electron chi connectivity index (χ4n) is 3.21. The summed E-state index contributed by atoms with van der Waals surface area (Å²) < 4.78 is 10.3. The third-order valence-electron chi connectivity index (χ3n) is 4.71. The molecular weight excluding hydrogens is 346 g/mol. The van der Waals surface area contributed by atoms with Crippen LogP contribution in [0.2, 0.25) is 0 Å². The van der Waals surface area contributed by atoms with Gasteiger partial charge in [0.05, 0.1) is 12.7 Å². The normalized spacial score (nSPS) is 18.3. The number of rotatable bonds is 3. The van der Waals surface area contributed by atoms with E-state index in [2.05, 4.69) is 4.90 Å². The summed E-state index contributed by atoms with van der Waals surface area (Å²) in [7, 11) is 1.36. The molecule has 0 unspecified atom stereocenters. The van der Waals surface area contributed by atoms with Gasteiger partial charge in [-0.25, -0.2) is 9.59 Å². The van der Waals surface area contributed by atoms with Crippen molar-refractivity contribution in [2.75, 3.05) is 32.5 Å². The molecule has 0 radical (unpaired) electrons. The second-order valence-corrected chi connectivity index (χ2v) is 8.10. The first-order valence-corrected chi connectivity index (χ1v) is 9.21. The molecular formula is C20H31N3O4. The molecule has 27 heavy (non-hydrogen) atoms. The topological polar surface area (TPSA) is 85.1 Å². The van der Waals surface area contributed by atoms with Crippen molar-refractivity contribution in [2.45, 2.75) is 52.8 Å². The van der Waals surface area contributed by atoms with Crippen LogP contribution in [0.5, 0.6) is 0 Å². The van der Waals surface area contributed by atoms with Gasteiger partial charge in [-0.05, 0) is 57.9 Å². The lowest BCUT2D eigenvalue weighted by molar-refractivity contribution is 0.000510. The summed E-state index contributed by atoms with van der Waals surface area (Å²) >= 11 is 0. The van der Waals surface area contributed by atoms with Crippen LogP contribution >= 0.6 is 0 Å². The molecule has 0 spiro atoms. The number of anilines is 1. The third-order valence-corrected chi connectivity index (χ3v) is 4.71. The van der Waals surface area contributed by atoms with Gasteiger partial charge in [-0.2, -0.15) is 0 Å². The highest BCUT2D eigenvalue weighted by Gasteiger charge is 2.31. The molecule has 1 atom stereocenters. The molecule has 1 heterocycles. The number of hydrogen-bond acceptors (Lipinski definition) is 6. The van der Waals surface area contributed by atoms with E-state index in [1.807, 2.05) is 40.7 Å². The van der Waals surface area contributed by atoms with E-state index in [1.165, 1.54) is 7.11 Å². The summed E-state index contributed by atoms with van der Waals surface area (Å²) in [5, 5.41) is 0. The molecule has 1 saturated heterocycles. The van der Waals surface area contributed by atoms with Crippen LogP contribution < -0.4 is 5.73 Å². The Hall–Kier alpha value is -2.28. The number of carbonyl (C=O) groups excluding carboxylic acids is 2. The second kappa shape index (κ2) is 8.17. The van der Waals surface area contributed by atoms with Crippen LogP contribution in [0.1, 0.15) is 49.2 Å². The number of hydrogen-bond donors (Lipinski definition) is 1. The van der Waals surface area contributed by atoms with Crippen LogP contribution in [-0.4, -0.2) is 60.2 Å². The number of piperazine rings is 1. The molecule has 1 fully saturated rings. The van der Waals surface area contributed by atoms with Gasteiger partial charge in [-0.3, -0.25) is 4.90 Å². The Morgan fingerprint density at radius 1 is 1.26 bits per heavy atom. The van der Waals surface area contributed by atoms with Gasteiger partial charge in [-0.1, -0.05) is 0 Å². The maximum absolute atomic E-state index is 12.4. The summed E-state index contributed by atoms with van der Waals surface area (Å²) in [6.07, 6.45) is -0.275. The molecule has 1 aliphatic rings. The van der Waals surface area contributed by atoms with Crippen LogP contribution in [0.15, 0.2) is 12.1 Å². The molecule has 7 nitrogen and oxygen atoms in total. The molecule has 150 valence electrons. The lowest BCUT2D eigenvalue weighted by Gasteiger charge is -2.40. The van der Waals surface area contributed by atoms with E-state index in [9.17, 15) is 9.59 Å². The van der Waals surface area contributed by atoms with Crippen molar-refractivity contribution in [3.8, 4) is 0 Å². The Morgan fingerprint density at radius 2 is 1.93 bits per heavy atom. The number of esters is 1. The fraction of sp³-hybridized carbons (Fsp3) is 0.600. The predicted octanol–water partition coefficient (Wildman–Crippen LogP) is 2.81. The minimum absolute atomic E-state index is 0.0371. The highest BCUT2D eigenvalue weighted by molar-refractivity contribution is 5.91. The molecule has 1 aromatic carbocycles. The maximum atomic E-state index is 12.4. The lowest BCUT2D eigenvalue weighted by atomic mass is 10.0. The monoisotopic (exact) mass is 377 g/mol. The highest BCUT2D eigenvalue weighted by atomic mass is 16.6. The van der Waals surface area contributed by atoms with E-state index in [1.54, 1.807) is 11.0 Å². The number of benzene rings is 1. The van der Waals surface area contributed by atoms with Crippen molar-refractivity contribution in [1.82, 2.24) is 9.80 Å². The zero-order valence-electron chi connectivity index (χ0n) is 17.2. The first kappa shape index (κ1) is 21.0. The minimum Gasteiger partial charge on any atom is -0.465 e. The summed E-state index contributed by atoms with van der Waals surface area (Å²) in [6, 6.07) is 3.52. The van der Waals surface area contributed by atoms with Gasteiger partial charge in [0, 0.05) is 37.9 Å². The SMILES string of the molecule is COC(=O)c1cc(N)c(C)c(CN2CCN(C(=O)OC(C)(C)C)[C@@H](C)C2)c1. The van der Waals surface area contributed by atoms with E-state index < -0.39 is 11.6 Å². The van der Waals surface area contributed by atoms with E-state index >= 15 is 0 Å². The first-order chi connectivity index (χ1) is 12.5. The van der Waals surface area contributed by atoms with Crippen molar-refractivity contribution < 1.29 is 19.1 Å². The first-order valence-electron chi connectivity index (χ1n) is 9.21. The zero-order valence-corrected chi connectivity index (χ0v) is 17.2. The summed E-state index contributed by atoms with van der Waals surface area (Å²) in [5.41, 5.74) is 8.56. The third kappa shape index (κ3) is 5.35. The van der Waals surface area contributed by atoms with Crippen LogP contribution in [0.3, 0.4) is 0 Å². The Balaban J connectivity index is 2.07. The molecule has 2 rings (SSSR count). The molecule has 0 bridgehead atoms. The highest BCUT2D eigenvalue weighted by Crippen LogP contribution is 2.23. The molecule has 2 N–H and O–H groups in total. The summed E-state index contributed by atoms with van der Waals surface area (Å²) in [4.78, 5) is 28.2. The number of nitrogens with two attached hydrogens (primary N) is 1. The van der Waals surface area contributed by atoms with E-state index in [0.29, 0.717) is 24.3 Å². The fourth-order valence-corrected chi connectivity index (χ4v) is 3.21. The molecule has 0 aliphatic carbocycles. The van der Waals surface area contributed by atoms with Gasteiger partial charge in [0.25, 0.3) is 0 Å². The molecule has 0 aromatic heterocycles. The quantitative estimate of drug-likeness (QED) is 0.644. The largest absolute Gasteiger partial charge is 0.465 e. The predicted molar refractivity (Wildman–Crippen MR) is 105 cm³/mol. The second-order valence-electron chi connectivity index (χ2n) is 8.10. The number of carbonyl (C=O) groups is 2. The van der Waals surface area contributed by atoms with Crippen molar-refractivity contribution in [1.29, 1.82) is 0 Å². The number of nitrogens with zero attached hydrogens (tertiary/aromatic N) is 2. The van der Waals surface area contributed by atoms with Crippen LogP contribution in [0, 0.1) is 6.92 Å². The number of methoxy groups -OCH3 is 1. The average molecular weight is 377 g/mol. The standard InChI is InChI=1S/C20H31N3O4/c1-13-11-22(7-8-23(13)19(25)27-20(3,4)5)12-16-9-15(18(24)26-6)10-17(21)14(16)2/h9-10,13H,7-8,11-12,21H2,1-6H3/t13-/m0/s1. The lowest BCUT2D eigenvalue weighted by Crippen LogP contribution is -2.54. The van der Waals surface area contributed by atoms with Crippen LogP contribution in [-0.2, 0) is 16.0 Å². The summed E-state index contributed by atoms with van der Waals surface area (Å²) in [6.45, 7) is 12.3. The molecule has 7 heteroatoms. The van der Waals surface area contributed by atoms with Crippen molar-refractivity contribution in [3.63, 3.8) is 0 Å². The van der Waals surface area contributed by atoms with Gasteiger partial charge in [-0.15, -0.1) is 0 Å². The number of nitrogen functional groups attached to an aromatic ring is 1. The maximum Gasteiger partial charge on any atom is 0.410 e. The molecule has 1 aliphatic heterocycles. The number of amides is 1. The van der Waals surface area contributed by atoms with E-state index in [4.69, 9.17) is 15.2 Å². The minimum atomic E-state index is -0.503. The smallest absolute Gasteiger partial charge is 0.410 e. The number of ether oxygens (including phenoxy) is 2. The van der Waals surface area contributed by atoms with Crippen molar-refractivity contribution in [2.24, 2.45) is 0 Å². The van der Waals surface area contributed by atoms with E-state index in [0.717, 1.165) is 24.2 Å². The van der Waals surface area contributed by atoms with Gasteiger partial charge in [0.2, 0.25) is 0 Å². The van der Waals surface area contributed by atoms with E-state index in [-0.39, 0.29) is 12.1 Å². The Kier molecular flexibility index (Phi) is 6.36. The molecule has 1 aromatic rings. The Morgan fingerprint density at radius 3 is 2.48 bits per heavy atom. The van der Waals surface area contributed by atoms with Gasteiger partial charge < -0.3 is 20.1 Å².